The van der Waals surface area contributed by atoms with Gasteiger partial charge in [0.15, 0.2) is 0 Å². The van der Waals surface area contributed by atoms with Gasteiger partial charge >= 0.3 is 5.97 Å². The summed E-state index contributed by atoms with van der Waals surface area (Å²) in [6.07, 6.45) is 2.85. The van der Waals surface area contributed by atoms with Crippen molar-refractivity contribution in [3.63, 3.8) is 0 Å². The molecule has 40 heavy (non-hydrogen) atoms. The Kier molecular flexibility index (Phi) is 7.64. The van der Waals surface area contributed by atoms with Crippen molar-refractivity contribution in [2.45, 2.75) is 66.2 Å². The highest BCUT2D eigenvalue weighted by atomic mass is 16.5. The van der Waals surface area contributed by atoms with E-state index in [0.29, 0.717) is 0 Å². The minimum absolute atomic E-state index is 0.0984. The summed E-state index contributed by atoms with van der Waals surface area (Å²) in [7, 11) is 3.35. The summed E-state index contributed by atoms with van der Waals surface area (Å²) in [4.78, 5) is 20.2. The van der Waals surface area contributed by atoms with Crippen molar-refractivity contribution < 1.29 is 14.3 Å². The van der Waals surface area contributed by atoms with Crippen LogP contribution >= 0.6 is 0 Å². The number of nitrogens with zero attached hydrogens (tertiary/aromatic N) is 5. The standard InChI is InChI=1S/C32H39N5O3/c1-8-24-18-37(19-26-28(40-24)10-9-15-33-26)17-23-16-22(12-11-20(23)2)29(32(4,5)31(38)39-7)25-13-14-27-30(21(25)3)34-35-36(27)6/h9-16,24,29H,8,17-19H2,1-7H3/t24-,29?/m1/s1. The normalized spacial score (nSPS) is 16.7. The van der Waals surface area contributed by atoms with Gasteiger partial charge < -0.3 is 9.47 Å². The molecule has 0 saturated heterocycles. The van der Waals surface area contributed by atoms with Gasteiger partial charge in [-0.3, -0.25) is 14.7 Å². The summed E-state index contributed by atoms with van der Waals surface area (Å²) in [6, 6.07) is 14.7. The number of aromatic nitrogens is 4. The smallest absolute Gasteiger partial charge is 0.312 e. The average Bonchev–Trinajstić information content (AvgIpc) is 3.22. The Bertz CT molecular complexity index is 1540. The van der Waals surface area contributed by atoms with Crippen molar-refractivity contribution in [2.75, 3.05) is 13.7 Å². The molecule has 8 heteroatoms. The van der Waals surface area contributed by atoms with Crippen LogP contribution in [0.15, 0.2) is 48.7 Å². The number of hydrogen-bond acceptors (Lipinski definition) is 7. The van der Waals surface area contributed by atoms with Crippen LogP contribution in [0.5, 0.6) is 5.75 Å². The number of methoxy groups -OCH3 is 1. The second-order valence-electron chi connectivity index (χ2n) is 11.5. The molecule has 4 aromatic rings. The summed E-state index contributed by atoms with van der Waals surface area (Å²) in [5.74, 6) is 0.373. The Morgan fingerprint density at radius 3 is 2.75 bits per heavy atom. The monoisotopic (exact) mass is 541 g/mol. The molecule has 2 atom stereocenters. The van der Waals surface area contributed by atoms with Gasteiger partial charge in [-0.1, -0.05) is 36.4 Å². The molecular weight excluding hydrogens is 502 g/mol. The van der Waals surface area contributed by atoms with Crippen LogP contribution in [0.4, 0.5) is 0 Å². The van der Waals surface area contributed by atoms with Gasteiger partial charge in [0, 0.05) is 38.8 Å². The molecule has 0 radical (unpaired) electrons. The van der Waals surface area contributed by atoms with Gasteiger partial charge in [0.1, 0.15) is 17.4 Å². The van der Waals surface area contributed by atoms with Gasteiger partial charge in [-0.05, 0) is 80.1 Å². The van der Waals surface area contributed by atoms with E-state index in [-0.39, 0.29) is 18.0 Å². The first-order valence-corrected chi connectivity index (χ1v) is 13.9. The highest BCUT2D eigenvalue weighted by molar-refractivity contribution is 5.82. The highest BCUT2D eigenvalue weighted by Crippen LogP contribution is 2.44. The Morgan fingerprint density at radius 1 is 1.20 bits per heavy atom. The van der Waals surface area contributed by atoms with E-state index in [4.69, 9.17) is 9.47 Å². The molecule has 8 nitrogen and oxygen atoms in total. The number of aryl methyl sites for hydroxylation is 3. The molecule has 5 rings (SSSR count). The van der Waals surface area contributed by atoms with Crippen molar-refractivity contribution in [3.05, 3.63) is 82.2 Å². The van der Waals surface area contributed by atoms with E-state index < -0.39 is 5.41 Å². The molecule has 0 fully saturated rings. The number of rotatable bonds is 7. The van der Waals surface area contributed by atoms with Gasteiger partial charge in [-0.2, -0.15) is 0 Å². The molecule has 1 aliphatic rings. The number of hydrogen-bond donors (Lipinski definition) is 0. The second kappa shape index (κ2) is 11.0. The molecule has 3 heterocycles. The van der Waals surface area contributed by atoms with Crippen LogP contribution in [0.3, 0.4) is 0 Å². The summed E-state index contributed by atoms with van der Waals surface area (Å²) >= 11 is 0. The van der Waals surface area contributed by atoms with E-state index in [2.05, 4.69) is 65.2 Å². The molecule has 2 aromatic carbocycles. The largest absolute Gasteiger partial charge is 0.487 e. The van der Waals surface area contributed by atoms with Crippen LogP contribution in [0, 0.1) is 19.3 Å². The van der Waals surface area contributed by atoms with Crippen molar-refractivity contribution in [3.8, 4) is 5.75 Å². The Labute approximate surface area is 236 Å². The fourth-order valence-corrected chi connectivity index (χ4v) is 5.97. The lowest BCUT2D eigenvalue weighted by Crippen LogP contribution is -2.34. The van der Waals surface area contributed by atoms with Crippen LogP contribution in [-0.4, -0.2) is 50.6 Å². The third-order valence-electron chi connectivity index (χ3n) is 8.36. The maximum atomic E-state index is 13.2. The lowest BCUT2D eigenvalue weighted by molar-refractivity contribution is -0.151. The third kappa shape index (κ3) is 5.08. The van der Waals surface area contributed by atoms with E-state index in [1.807, 2.05) is 45.3 Å². The van der Waals surface area contributed by atoms with Crippen molar-refractivity contribution in [1.29, 1.82) is 0 Å². The number of carbonyl (C=O) groups is 1. The van der Waals surface area contributed by atoms with Gasteiger partial charge in [0.05, 0.1) is 23.7 Å². The summed E-state index contributed by atoms with van der Waals surface area (Å²) in [5.41, 5.74) is 7.51. The molecule has 210 valence electrons. The molecule has 1 aliphatic heterocycles. The molecule has 0 aliphatic carbocycles. The van der Waals surface area contributed by atoms with Crippen LogP contribution in [0.1, 0.15) is 66.6 Å². The molecule has 0 bridgehead atoms. The minimum Gasteiger partial charge on any atom is -0.487 e. The van der Waals surface area contributed by atoms with E-state index >= 15 is 0 Å². The van der Waals surface area contributed by atoms with Gasteiger partial charge in [0.25, 0.3) is 0 Å². The number of benzene rings is 2. The third-order valence-corrected chi connectivity index (χ3v) is 8.36. The summed E-state index contributed by atoms with van der Waals surface area (Å²) in [5, 5.41) is 8.65. The average molecular weight is 542 g/mol. The highest BCUT2D eigenvalue weighted by Gasteiger charge is 2.41. The fourth-order valence-electron chi connectivity index (χ4n) is 5.97. The second-order valence-corrected chi connectivity index (χ2v) is 11.5. The van der Waals surface area contributed by atoms with Crippen LogP contribution in [0.2, 0.25) is 0 Å². The maximum Gasteiger partial charge on any atom is 0.312 e. The van der Waals surface area contributed by atoms with Crippen molar-refractivity contribution >= 4 is 17.0 Å². The lowest BCUT2D eigenvalue weighted by Gasteiger charge is -2.34. The molecule has 1 unspecified atom stereocenters. The molecule has 0 N–H and O–H groups in total. The van der Waals surface area contributed by atoms with Crippen LogP contribution in [-0.2, 0) is 29.7 Å². The molecule has 0 spiro atoms. The lowest BCUT2D eigenvalue weighted by atomic mass is 9.69. The SMILES string of the molecule is CC[C@@H]1CN(Cc2cc(C(c3ccc4c(nnn4C)c3C)C(C)(C)C(=O)OC)ccc2C)Cc2ncccc2O1. The number of pyridine rings is 1. The van der Waals surface area contributed by atoms with E-state index in [9.17, 15) is 4.79 Å². The molecular formula is C32H39N5O3. The predicted molar refractivity (Wildman–Crippen MR) is 155 cm³/mol. The summed E-state index contributed by atoms with van der Waals surface area (Å²) < 4.78 is 13.4. The van der Waals surface area contributed by atoms with Gasteiger partial charge in [0.2, 0.25) is 0 Å². The quantitative estimate of drug-likeness (QED) is 0.286. The van der Waals surface area contributed by atoms with Crippen molar-refractivity contribution in [2.24, 2.45) is 12.5 Å². The van der Waals surface area contributed by atoms with Crippen LogP contribution in [0.25, 0.3) is 11.0 Å². The Balaban J connectivity index is 1.57. The predicted octanol–water partition coefficient (Wildman–Crippen LogP) is 5.48. The Hall–Kier alpha value is -3.78. The number of esters is 1. The van der Waals surface area contributed by atoms with Crippen LogP contribution < -0.4 is 4.74 Å². The van der Waals surface area contributed by atoms with Gasteiger partial charge in [-0.15, -0.1) is 5.10 Å². The topological polar surface area (TPSA) is 82.4 Å². The number of carbonyl (C=O) groups excluding carboxylic acids is 1. The van der Waals surface area contributed by atoms with E-state index in [1.54, 1.807) is 4.68 Å². The van der Waals surface area contributed by atoms with Gasteiger partial charge in [-0.25, -0.2) is 4.68 Å². The van der Waals surface area contributed by atoms with Crippen molar-refractivity contribution in [1.82, 2.24) is 24.9 Å². The maximum absolute atomic E-state index is 13.2. The first kappa shape index (κ1) is 27.8. The van der Waals surface area contributed by atoms with E-state index in [0.717, 1.165) is 65.2 Å². The van der Waals surface area contributed by atoms with E-state index in [1.165, 1.54) is 18.2 Å². The minimum atomic E-state index is -0.825. The number of fused-ring (bicyclic) bond motifs is 2. The zero-order valence-corrected chi connectivity index (χ0v) is 24.6. The first-order chi connectivity index (χ1) is 19.1. The molecule has 0 amide bonds. The fraction of sp³-hybridized carbons (Fsp3) is 0.438. The zero-order chi connectivity index (χ0) is 28.6. The number of ether oxygens (including phenoxy) is 2. The molecule has 2 aromatic heterocycles. The Morgan fingerprint density at radius 2 is 2.00 bits per heavy atom. The molecule has 0 saturated carbocycles. The zero-order valence-electron chi connectivity index (χ0n) is 24.6. The first-order valence-electron chi connectivity index (χ1n) is 13.9. The summed E-state index contributed by atoms with van der Waals surface area (Å²) in [6.45, 7) is 12.6.